The summed E-state index contributed by atoms with van der Waals surface area (Å²) in [6.07, 6.45) is 7.44. The molecule has 0 spiro atoms. The average molecular weight is 313 g/mol. The van der Waals surface area contributed by atoms with Gasteiger partial charge in [0, 0.05) is 24.3 Å². The molecule has 1 rings (SSSR count). The number of nitrogens with two attached hydrogens (primary N) is 1. The number of benzene rings is 1. The van der Waals surface area contributed by atoms with Gasteiger partial charge in [-0.05, 0) is 25.7 Å². The van der Waals surface area contributed by atoms with Gasteiger partial charge < -0.3 is 34.2 Å². The third-order valence-corrected chi connectivity index (χ3v) is 4.59. The minimum Gasteiger partial charge on any atom is -0.492 e. The van der Waals surface area contributed by atoms with E-state index in [1.165, 1.54) is 44.2 Å². The van der Waals surface area contributed by atoms with E-state index in [4.69, 9.17) is 25.6 Å². The fraction of sp³-hybridized carbons (Fsp3) is 0.625. The Balaban J connectivity index is 2.77. The molecule has 2 N–H and O–H groups in total. The van der Waals surface area contributed by atoms with E-state index >= 15 is 0 Å². The number of hydrogen-bond donors (Lipinski definition) is 1. The third-order valence-electron chi connectivity index (χ3n) is 3.75. The lowest BCUT2D eigenvalue weighted by atomic mass is 10.2. The molecule has 0 amide bonds. The Kier molecular flexibility index (Phi) is 8.69. The van der Waals surface area contributed by atoms with E-state index < -0.39 is 0 Å². The molecule has 20 heavy (non-hydrogen) atoms. The summed E-state index contributed by atoms with van der Waals surface area (Å²) in [6, 6.07) is 8.48. The maximum Gasteiger partial charge on any atom is 0.115 e. The molecular weight excluding hydrogens is 284 g/mol. The molecule has 114 valence electrons. The second kappa shape index (κ2) is 9.72. The van der Waals surface area contributed by atoms with Crippen LogP contribution in [0.25, 0.3) is 0 Å². The van der Waals surface area contributed by atoms with Crippen LogP contribution in [0.4, 0.5) is 11.4 Å². The topological polar surface area (TPSA) is 16.6 Å². The largest absolute Gasteiger partial charge is 0.492 e. The first-order valence-corrected chi connectivity index (χ1v) is 8.64. The van der Waals surface area contributed by atoms with E-state index in [-0.39, 0.29) is 0 Å². The first-order chi connectivity index (χ1) is 9.66. The molecule has 2 nitrogen and oxygen atoms in total. The summed E-state index contributed by atoms with van der Waals surface area (Å²) in [7, 11) is 0. The molecule has 0 aliphatic rings. The van der Waals surface area contributed by atoms with Crippen molar-refractivity contribution in [3.05, 3.63) is 24.3 Å². The quantitative estimate of drug-likeness (QED) is 0.308. The lowest BCUT2D eigenvalue weighted by Crippen LogP contribution is -2.70. The van der Waals surface area contributed by atoms with Crippen molar-refractivity contribution in [1.82, 2.24) is 3.89 Å². The van der Waals surface area contributed by atoms with Gasteiger partial charge in [0.2, 0.25) is 0 Å². The van der Waals surface area contributed by atoms with Gasteiger partial charge in [0.25, 0.3) is 0 Å². The van der Waals surface area contributed by atoms with Crippen LogP contribution in [0, 0.1) is 0 Å². The molecule has 0 bridgehead atoms. The summed E-state index contributed by atoms with van der Waals surface area (Å²) in [5.41, 5.74) is 2.33. The summed E-state index contributed by atoms with van der Waals surface area (Å²) in [6.45, 7) is 6.60. The van der Waals surface area contributed by atoms with Gasteiger partial charge in [-0.3, -0.25) is 0 Å². The zero-order chi connectivity index (χ0) is 14.8. The molecular formula is C16H28N2S2. The van der Waals surface area contributed by atoms with Crippen molar-refractivity contribution >= 4 is 37.0 Å². The van der Waals surface area contributed by atoms with Crippen LogP contribution in [0.2, 0.25) is 0 Å². The molecule has 0 saturated carbocycles. The van der Waals surface area contributed by atoms with Crippen LogP contribution in [-0.4, -0.2) is 13.1 Å². The smallest absolute Gasteiger partial charge is 0.115 e. The maximum atomic E-state index is 5.98. The van der Waals surface area contributed by atoms with Crippen LogP contribution in [-0.2, 0) is 25.6 Å². The zero-order valence-electron chi connectivity index (χ0n) is 12.8. The first kappa shape index (κ1) is 17.9. The van der Waals surface area contributed by atoms with E-state index in [1.807, 2.05) is 0 Å². The monoisotopic (exact) mass is 312 g/mol. The van der Waals surface area contributed by atoms with Crippen LogP contribution in [0.1, 0.15) is 52.4 Å². The average Bonchev–Trinajstić information content (AvgIpc) is 2.48. The molecule has 0 saturated heterocycles. The van der Waals surface area contributed by atoms with Gasteiger partial charge in [-0.2, -0.15) is 0 Å². The molecule has 0 radical (unpaired) electrons. The van der Waals surface area contributed by atoms with Crippen molar-refractivity contribution in [1.29, 1.82) is 0 Å². The van der Waals surface area contributed by atoms with Gasteiger partial charge in [-0.25, -0.2) is 0 Å². The molecule has 0 aliphatic carbocycles. The van der Waals surface area contributed by atoms with Gasteiger partial charge >= 0.3 is 0 Å². The first-order valence-electron chi connectivity index (χ1n) is 7.80. The predicted octanol–water partition coefficient (Wildman–Crippen LogP) is 3.49. The van der Waals surface area contributed by atoms with E-state index in [9.17, 15) is 0 Å². The molecule has 1 aromatic carbocycles. The van der Waals surface area contributed by atoms with Crippen molar-refractivity contribution in [3.8, 4) is 0 Å². The van der Waals surface area contributed by atoms with Crippen LogP contribution in [0.5, 0.6) is 0 Å². The summed E-state index contributed by atoms with van der Waals surface area (Å²) in [5, 5.41) is 0. The van der Waals surface area contributed by atoms with Gasteiger partial charge in [0.05, 0.1) is 13.1 Å². The van der Waals surface area contributed by atoms with Crippen molar-refractivity contribution in [2.24, 2.45) is 0 Å². The van der Waals surface area contributed by atoms with Crippen LogP contribution >= 0.6 is 0 Å². The highest BCUT2D eigenvalue weighted by Crippen LogP contribution is 2.25. The Bertz CT molecular complexity index is 355. The van der Waals surface area contributed by atoms with Crippen LogP contribution in [0.3, 0.4) is 0 Å². The Morgan fingerprint density at radius 3 is 1.80 bits per heavy atom. The van der Waals surface area contributed by atoms with Gasteiger partial charge in [0.1, 0.15) is 11.4 Å². The molecule has 0 atom stereocenters. The number of quaternary nitrogens is 2. The standard InChI is InChI=1S/C16H28N2S2/c1-3-5-7-13-18(20,14-8-6-4-2)16-11-9-15(17-19)10-12-16/h9-12H,3-8,13-14,17H2,1-2H3. The van der Waals surface area contributed by atoms with Crippen LogP contribution in [0.15, 0.2) is 24.3 Å². The van der Waals surface area contributed by atoms with Crippen molar-refractivity contribution in [3.63, 3.8) is 0 Å². The number of rotatable bonds is 10. The fourth-order valence-electron chi connectivity index (χ4n) is 2.43. The van der Waals surface area contributed by atoms with Gasteiger partial charge in [0.15, 0.2) is 0 Å². The van der Waals surface area contributed by atoms with Gasteiger partial charge in [-0.1, -0.05) is 26.7 Å². The third kappa shape index (κ3) is 5.68. The number of unbranched alkanes of at least 4 members (excludes halogenated alkanes) is 4. The second-order valence-corrected chi connectivity index (χ2v) is 6.39. The summed E-state index contributed by atoms with van der Waals surface area (Å²) >= 11 is 10.9. The van der Waals surface area contributed by atoms with E-state index in [2.05, 4.69) is 38.1 Å². The van der Waals surface area contributed by atoms with E-state index in [1.54, 1.807) is 4.72 Å². The zero-order valence-corrected chi connectivity index (χ0v) is 14.4. The minimum atomic E-state index is 0.651. The molecule has 0 heterocycles. The highest BCUT2D eigenvalue weighted by atomic mass is 32.1. The summed E-state index contributed by atoms with van der Waals surface area (Å²) in [4.78, 5) is 0. The Morgan fingerprint density at radius 1 is 0.900 bits per heavy atom. The van der Waals surface area contributed by atoms with E-state index in [0.29, 0.717) is 3.89 Å². The molecule has 0 unspecified atom stereocenters. The Labute approximate surface area is 135 Å². The van der Waals surface area contributed by atoms with Crippen molar-refractivity contribution in [2.75, 3.05) is 13.1 Å². The van der Waals surface area contributed by atoms with Gasteiger partial charge in [-0.15, -0.1) is 0 Å². The Morgan fingerprint density at radius 2 is 1.40 bits per heavy atom. The highest BCUT2D eigenvalue weighted by molar-refractivity contribution is 7.58. The lowest BCUT2D eigenvalue weighted by molar-refractivity contribution is -0.375. The second-order valence-electron chi connectivity index (χ2n) is 5.46. The SMILES string of the molecule is CCCCC[N+]([S-])(CCCCC)c1ccc([NH2+][S-])cc1. The minimum absolute atomic E-state index is 0.651. The molecule has 0 fully saturated rings. The maximum absolute atomic E-state index is 5.98. The molecule has 4 heteroatoms. The summed E-state index contributed by atoms with van der Waals surface area (Å²) < 4.78 is 2.37. The fourth-order valence-corrected chi connectivity index (χ4v) is 2.97. The number of nitrogens with zero attached hydrogens (tertiary/aromatic N) is 1. The van der Waals surface area contributed by atoms with Crippen LogP contribution < -0.4 is 8.61 Å². The van der Waals surface area contributed by atoms with Crippen molar-refractivity contribution in [2.45, 2.75) is 52.4 Å². The normalized spacial score (nSPS) is 11.8. The molecule has 0 aliphatic heterocycles. The van der Waals surface area contributed by atoms with Crippen molar-refractivity contribution < 1.29 is 4.72 Å². The predicted molar refractivity (Wildman–Crippen MR) is 93.3 cm³/mol. The van der Waals surface area contributed by atoms with E-state index in [0.717, 1.165) is 18.8 Å². The highest BCUT2D eigenvalue weighted by Gasteiger charge is 2.17. The Hall–Kier alpha value is -0.160. The summed E-state index contributed by atoms with van der Waals surface area (Å²) in [5.74, 6) is 0. The lowest BCUT2D eigenvalue weighted by Gasteiger charge is -2.44. The molecule has 1 aromatic rings. The number of hydrogen-bond acceptors (Lipinski definition) is 2. The molecule has 0 aromatic heterocycles.